The molecule has 0 bridgehead atoms. The average molecular weight is 473 g/mol. The maximum atomic E-state index is 12.6. The van der Waals surface area contributed by atoms with Crippen LogP contribution in [0.3, 0.4) is 0 Å². The van der Waals surface area contributed by atoms with Gasteiger partial charge in [0.2, 0.25) is 5.75 Å². The number of allylic oxidation sites excluding steroid dienone is 1. The molecule has 2 aromatic carbocycles. The SMILES string of the molecule is COc1ccc(/C=C(/C(C)=O)c2cc(OC)c(OC)c(OC)c2)cc1O[Si](C)(C)C(C)(C)C. The van der Waals surface area contributed by atoms with Crippen LogP contribution in [0.25, 0.3) is 11.6 Å². The monoisotopic (exact) mass is 472 g/mol. The summed E-state index contributed by atoms with van der Waals surface area (Å²) in [5.74, 6) is 2.68. The van der Waals surface area contributed by atoms with E-state index in [1.165, 1.54) is 6.92 Å². The largest absolute Gasteiger partial charge is 0.541 e. The van der Waals surface area contributed by atoms with Crippen molar-refractivity contribution in [3.8, 4) is 28.7 Å². The summed E-state index contributed by atoms with van der Waals surface area (Å²) in [6, 6.07) is 9.22. The molecule has 0 aliphatic rings. The molecule has 0 amide bonds. The molecule has 0 heterocycles. The summed E-state index contributed by atoms with van der Waals surface area (Å²) < 4.78 is 28.4. The number of hydrogen-bond acceptors (Lipinski definition) is 6. The topological polar surface area (TPSA) is 63.2 Å². The molecule has 0 atom stereocenters. The minimum Gasteiger partial charge on any atom is -0.541 e. The van der Waals surface area contributed by atoms with Gasteiger partial charge in [-0.15, -0.1) is 0 Å². The van der Waals surface area contributed by atoms with Gasteiger partial charge in [-0.2, -0.15) is 0 Å². The van der Waals surface area contributed by atoms with Crippen molar-refractivity contribution in [2.24, 2.45) is 0 Å². The van der Waals surface area contributed by atoms with Gasteiger partial charge >= 0.3 is 0 Å². The summed E-state index contributed by atoms with van der Waals surface area (Å²) in [5.41, 5.74) is 2.00. The van der Waals surface area contributed by atoms with Gasteiger partial charge in [0.25, 0.3) is 8.32 Å². The van der Waals surface area contributed by atoms with Gasteiger partial charge in [-0.3, -0.25) is 4.79 Å². The molecule has 180 valence electrons. The van der Waals surface area contributed by atoms with Crippen molar-refractivity contribution in [1.82, 2.24) is 0 Å². The highest BCUT2D eigenvalue weighted by molar-refractivity contribution is 6.74. The van der Waals surface area contributed by atoms with Crippen molar-refractivity contribution >= 4 is 25.7 Å². The molecule has 0 aliphatic heterocycles. The Morgan fingerprint density at radius 1 is 0.818 bits per heavy atom. The number of benzene rings is 2. The van der Waals surface area contributed by atoms with Crippen LogP contribution in [-0.2, 0) is 4.79 Å². The lowest BCUT2D eigenvalue weighted by Crippen LogP contribution is -2.43. The first kappa shape index (κ1) is 26.3. The Balaban J connectivity index is 2.62. The Morgan fingerprint density at radius 3 is 1.79 bits per heavy atom. The average Bonchev–Trinajstić information content (AvgIpc) is 2.75. The molecule has 0 fully saturated rings. The fourth-order valence-electron chi connectivity index (χ4n) is 3.08. The highest BCUT2D eigenvalue weighted by Gasteiger charge is 2.39. The van der Waals surface area contributed by atoms with Crippen LogP contribution >= 0.6 is 0 Å². The van der Waals surface area contributed by atoms with Crippen LogP contribution < -0.4 is 23.4 Å². The zero-order valence-electron chi connectivity index (χ0n) is 21.4. The Bertz CT molecular complexity index is 1010. The van der Waals surface area contributed by atoms with E-state index in [2.05, 4.69) is 33.9 Å². The Morgan fingerprint density at radius 2 is 1.36 bits per heavy atom. The Labute approximate surface area is 198 Å². The highest BCUT2D eigenvalue weighted by atomic mass is 28.4. The molecule has 0 aliphatic carbocycles. The predicted octanol–water partition coefficient (Wildman–Crippen LogP) is 6.23. The summed E-state index contributed by atoms with van der Waals surface area (Å²) in [6.45, 7) is 12.5. The molecule has 33 heavy (non-hydrogen) atoms. The van der Waals surface area contributed by atoms with Crippen LogP contribution in [0.4, 0.5) is 0 Å². The molecular formula is C26H36O6Si. The molecule has 7 heteroatoms. The van der Waals surface area contributed by atoms with Crippen LogP contribution in [0.15, 0.2) is 30.3 Å². The smallest absolute Gasteiger partial charge is 0.250 e. The van der Waals surface area contributed by atoms with Gasteiger partial charge < -0.3 is 23.4 Å². The lowest BCUT2D eigenvalue weighted by Gasteiger charge is -2.36. The molecular weight excluding hydrogens is 436 g/mol. The molecule has 0 radical (unpaired) electrons. The third kappa shape index (κ3) is 5.90. The van der Waals surface area contributed by atoms with E-state index < -0.39 is 8.32 Å². The second kappa shape index (κ2) is 10.3. The van der Waals surface area contributed by atoms with E-state index in [9.17, 15) is 4.79 Å². The van der Waals surface area contributed by atoms with Gasteiger partial charge in [0.1, 0.15) is 5.75 Å². The Hall–Kier alpha value is -2.93. The van der Waals surface area contributed by atoms with Gasteiger partial charge in [-0.1, -0.05) is 26.8 Å². The van der Waals surface area contributed by atoms with Crippen LogP contribution in [0.5, 0.6) is 28.7 Å². The number of carbonyl (C=O) groups is 1. The van der Waals surface area contributed by atoms with Crippen molar-refractivity contribution < 1.29 is 28.2 Å². The highest BCUT2D eigenvalue weighted by Crippen LogP contribution is 2.42. The summed E-state index contributed by atoms with van der Waals surface area (Å²) in [6.07, 6.45) is 1.83. The fourth-order valence-corrected chi connectivity index (χ4v) is 4.10. The number of hydrogen-bond donors (Lipinski definition) is 0. The molecule has 0 spiro atoms. The van der Waals surface area contributed by atoms with E-state index in [1.54, 1.807) is 40.6 Å². The third-order valence-corrected chi connectivity index (χ3v) is 10.4. The van der Waals surface area contributed by atoms with Gasteiger partial charge in [0, 0.05) is 5.57 Å². The fraction of sp³-hybridized carbons (Fsp3) is 0.423. The quantitative estimate of drug-likeness (QED) is 0.245. The molecule has 0 saturated carbocycles. The van der Waals surface area contributed by atoms with Crippen molar-refractivity contribution in [3.05, 3.63) is 41.5 Å². The lowest BCUT2D eigenvalue weighted by molar-refractivity contribution is -0.111. The molecule has 0 aromatic heterocycles. The minimum absolute atomic E-state index is 0.0323. The van der Waals surface area contributed by atoms with Crippen molar-refractivity contribution in [2.75, 3.05) is 28.4 Å². The van der Waals surface area contributed by atoms with Crippen LogP contribution in [0.2, 0.25) is 18.1 Å². The Kier molecular flexibility index (Phi) is 8.24. The number of ether oxygens (including phenoxy) is 4. The van der Waals surface area contributed by atoms with Crippen molar-refractivity contribution in [3.63, 3.8) is 0 Å². The molecule has 0 saturated heterocycles. The number of rotatable bonds is 9. The molecule has 2 rings (SSSR count). The predicted molar refractivity (Wildman–Crippen MR) is 135 cm³/mol. The summed E-state index contributed by atoms with van der Waals surface area (Å²) in [7, 11) is 4.17. The second-order valence-electron chi connectivity index (χ2n) is 9.30. The van der Waals surface area contributed by atoms with Crippen molar-refractivity contribution in [2.45, 2.75) is 45.8 Å². The first-order valence-corrected chi connectivity index (χ1v) is 13.7. The third-order valence-electron chi connectivity index (χ3n) is 6.03. The molecule has 2 aromatic rings. The van der Waals surface area contributed by atoms with E-state index in [-0.39, 0.29) is 10.8 Å². The lowest BCUT2D eigenvalue weighted by atomic mass is 9.98. The zero-order valence-corrected chi connectivity index (χ0v) is 22.4. The minimum atomic E-state index is -2.09. The van der Waals surface area contributed by atoms with Crippen molar-refractivity contribution in [1.29, 1.82) is 0 Å². The maximum Gasteiger partial charge on any atom is 0.250 e. The van der Waals surface area contributed by atoms with Gasteiger partial charge in [-0.25, -0.2) is 0 Å². The van der Waals surface area contributed by atoms with E-state index in [0.717, 1.165) is 5.56 Å². The van der Waals surface area contributed by atoms with E-state index >= 15 is 0 Å². The van der Waals surface area contributed by atoms with E-state index in [1.807, 2.05) is 24.3 Å². The van der Waals surface area contributed by atoms with E-state index in [0.29, 0.717) is 39.9 Å². The summed E-state index contributed by atoms with van der Waals surface area (Å²) in [4.78, 5) is 12.6. The first-order valence-electron chi connectivity index (χ1n) is 10.8. The molecule has 0 N–H and O–H groups in total. The first-order chi connectivity index (χ1) is 15.4. The normalized spacial score (nSPS) is 12.2. The van der Waals surface area contributed by atoms with Crippen LogP contribution in [0, 0.1) is 0 Å². The standard InChI is InChI=1S/C26H36O6Si/c1-17(27)20(19-15-23(29-6)25(31-8)24(16-19)30-7)13-18-11-12-21(28-5)22(14-18)32-33(9,10)26(2,3)4/h11-16H,1-10H3/b20-13-. The molecule has 0 unspecified atom stereocenters. The number of Topliss-reactive ketones (excluding diaryl/α,β-unsaturated/α-hetero) is 1. The second-order valence-corrected chi connectivity index (χ2v) is 14.0. The number of carbonyl (C=O) groups excluding carboxylic acids is 1. The van der Waals surface area contributed by atoms with Crippen LogP contribution in [-0.4, -0.2) is 42.5 Å². The van der Waals surface area contributed by atoms with Crippen LogP contribution in [0.1, 0.15) is 38.8 Å². The summed E-state index contributed by atoms with van der Waals surface area (Å²) >= 11 is 0. The zero-order chi connectivity index (χ0) is 25.0. The number of methoxy groups -OCH3 is 4. The summed E-state index contributed by atoms with van der Waals surface area (Å²) in [5, 5.41) is 0.0323. The molecule has 6 nitrogen and oxygen atoms in total. The van der Waals surface area contributed by atoms with E-state index in [4.69, 9.17) is 23.4 Å². The number of ketones is 1. The van der Waals surface area contributed by atoms with Gasteiger partial charge in [-0.05, 0) is 66.5 Å². The maximum absolute atomic E-state index is 12.6. The van der Waals surface area contributed by atoms with Gasteiger partial charge in [0.05, 0.1) is 28.4 Å². The van der Waals surface area contributed by atoms with Gasteiger partial charge in [0.15, 0.2) is 23.0 Å².